The predicted octanol–water partition coefficient (Wildman–Crippen LogP) is 2.37. The van der Waals surface area contributed by atoms with Crippen molar-refractivity contribution in [3.63, 3.8) is 0 Å². The van der Waals surface area contributed by atoms with Gasteiger partial charge in [0, 0.05) is 12.6 Å². The highest BCUT2D eigenvalue weighted by Gasteiger charge is 2.22. The molecule has 0 heterocycles. The number of hydrogen-bond acceptors (Lipinski definition) is 2. The Bertz CT molecular complexity index is 335. The van der Waals surface area contributed by atoms with Crippen molar-refractivity contribution in [2.24, 2.45) is 0 Å². The van der Waals surface area contributed by atoms with E-state index in [1.807, 2.05) is 49.1 Å². The Morgan fingerprint density at radius 1 is 1.25 bits per heavy atom. The summed E-state index contributed by atoms with van der Waals surface area (Å²) in [5, 5.41) is 9.04. The normalized spacial score (nSPS) is 13.1. The van der Waals surface area contributed by atoms with Crippen molar-refractivity contribution in [1.82, 2.24) is 4.90 Å². The van der Waals surface area contributed by atoms with Crippen LogP contribution in [0.4, 0.5) is 0 Å². The van der Waals surface area contributed by atoms with Gasteiger partial charge in [-0.25, -0.2) is 0 Å². The molecule has 3 nitrogen and oxygen atoms in total. The Balaban J connectivity index is 2.77. The number of benzene rings is 1. The third-order valence-electron chi connectivity index (χ3n) is 2.73. The summed E-state index contributed by atoms with van der Waals surface area (Å²) in [6, 6.07) is 9.70. The van der Waals surface area contributed by atoms with Crippen LogP contribution in [0.1, 0.15) is 26.3 Å². The van der Waals surface area contributed by atoms with E-state index >= 15 is 0 Å². The quantitative estimate of drug-likeness (QED) is 0.829. The molecule has 3 heteroatoms. The molecule has 0 bridgehead atoms. The predicted molar refractivity (Wildman–Crippen MR) is 64.2 cm³/mol. The van der Waals surface area contributed by atoms with Crippen LogP contribution in [0.3, 0.4) is 0 Å². The van der Waals surface area contributed by atoms with Gasteiger partial charge in [0.25, 0.3) is 0 Å². The molecule has 1 N–H and O–H groups in total. The summed E-state index contributed by atoms with van der Waals surface area (Å²) < 4.78 is 0. The molecule has 0 aliphatic carbocycles. The van der Waals surface area contributed by atoms with E-state index in [4.69, 9.17) is 5.11 Å². The SMILES string of the molecule is CC(C)N(Cc1ccccc1)C(C)C(=O)O. The third kappa shape index (κ3) is 3.35. The average Bonchev–Trinajstić information content (AvgIpc) is 2.26. The number of nitrogens with zero attached hydrogens (tertiary/aromatic N) is 1. The van der Waals surface area contributed by atoms with Crippen LogP contribution in [0.5, 0.6) is 0 Å². The fourth-order valence-electron chi connectivity index (χ4n) is 1.70. The summed E-state index contributed by atoms with van der Waals surface area (Å²) in [6.07, 6.45) is 0. The standard InChI is InChI=1S/C13H19NO2/c1-10(2)14(11(3)13(15)16)9-12-7-5-4-6-8-12/h4-8,10-11H,9H2,1-3H3,(H,15,16). The number of carboxylic acids is 1. The molecule has 0 saturated heterocycles. The Morgan fingerprint density at radius 3 is 2.25 bits per heavy atom. The molecular formula is C13H19NO2. The molecule has 0 spiro atoms. The third-order valence-corrected chi connectivity index (χ3v) is 2.73. The van der Waals surface area contributed by atoms with Crippen LogP contribution in [-0.4, -0.2) is 28.1 Å². The zero-order valence-electron chi connectivity index (χ0n) is 10.1. The van der Waals surface area contributed by atoms with E-state index in [0.29, 0.717) is 6.54 Å². The van der Waals surface area contributed by atoms with Crippen molar-refractivity contribution < 1.29 is 9.90 Å². The smallest absolute Gasteiger partial charge is 0.320 e. The molecule has 1 rings (SSSR count). The lowest BCUT2D eigenvalue weighted by Crippen LogP contribution is -2.42. The van der Waals surface area contributed by atoms with Crippen molar-refractivity contribution in [2.75, 3.05) is 0 Å². The monoisotopic (exact) mass is 221 g/mol. The Kier molecular flexibility index (Phi) is 4.50. The molecule has 0 aromatic heterocycles. The van der Waals surface area contributed by atoms with Crippen LogP contribution in [0.2, 0.25) is 0 Å². The Morgan fingerprint density at radius 2 is 1.81 bits per heavy atom. The van der Waals surface area contributed by atoms with E-state index in [-0.39, 0.29) is 6.04 Å². The molecule has 16 heavy (non-hydrogen) atoms. The molecule has 0 amide bonds. The second kappa shape index (κ2) is 5.66. The first-order valence-electron chi connectivity index (χ1n) is 5.55. The van der Waals surface area contributed by atoms with Gasteiger partial charge in [0.2, 0.25) is 0 Å². The molecule has 0 fully saturated rings. The van der Waals surface area contributed by atoms with Crippen LogP contribution in [0.15, 0.2) is 30.3 Å². The molecule has 1 atom stereocenters. The van der Waals surface area contributed by atoms with Gasteiger partial charge in [-0.1, -0.05) is 30.3 Å². The van der Waals surface area contributed by atoms with Crippen molar-refractivity contribution in [1.29, 1.82) is 0 Å². The lowest BCUT2D eigenvalue weighted by molar-refractivity contribution is -0.143. The van der Waals surface area contributed by atoms with Gasteiger partial charge in [0.15, 0.2) is 0 Å². The lowest BCUT2D eigenvalue weighted by atomic mass is 10.1. The van der Waals surface area contributed by atoms with Gasteiger partial charge in [0.05, 0.1) is 0 Å². The van der Waals surface area contributed by atoms with Crippen molar-refractivity contribution in [3.8, 4) is 0 Å². The first-order valence-corrected chi connectivity index (χ1v) is 5.55. The second-order valence-corrected chi connectivity index (χ2v) is 4.27. The van der Waals surface area contributed by atoms with E-state index in [2.05, 4.69) is 0 Å². The van der Waals surface area contributed by atoms with Gasteiger partial charge in [-0.3, -0.25) is 9.69 Å². The van der Waals surface area contributed by atoms with Gasteiger partial charge in [-0.15, -0.1) is 0 Å². The maximum absolute atomic E-state index is 11.0. The Hall–Kier alpha value is -1.35. The number of hydrogen-bond donors (Lipinski definition) is 1. The summed E-state index contributed by atoms with van der Waals surface area (Å²) in [7, 11) is 0. The molecule has 1 unspecified atom stereocenters. The van der Waals surface area contributed by atoms with Crippen molar-refractivity contribution >= 4 is 5.97 Å². The van der Waals surface area contributed by atoms with Crippen LogP contribution >= 0.6 is 0 Å². The first-order chi connectivity index (χ1) is 7.52. The molecule has 1 aromatic carbocycles. The number of carbonyl (C=O) groups is 1. The average molecular weight is 221 g/mol. The Labute approximate surface area is 96.7 Å². The fraction of sp³-hybridized carbons (Fsp3) is 0.462. The first kappa shape index (κ1) is 12.7. The highest BCUT2D eigenvalue weighted by atomic mass is 16.4. The molecule has 0 aliphatic rings. The van der Waals surface area contributed by atoms with E-state index < -0.39 is 12.0 Å². The summed E-state index contributed by atoms with van der Waals surface area (Å²) in [5.74, 6) is -0.773. The van der Waals surface area contributed by atoms with E-state index in [9.17, 15) is 4.79 Å². The topological polar surface area (TPSA) is 40.5 Å². The van der Waals surface area contributed by atoms with Crippen molar-refractivity contribution in [2.45, 2.75) is 39.4 Å². The molecule has 0 aliphatic heterocycles. The number of aliphatic carboxylic acids is 1. The van der Waals surface area contributed by atoms with Gasteiger partial charge < -0.3 is 5.11 Å². The summed E-state index contributed by atoms with van der Waals surface area (Å²) in [4.78, 5) is 13.0. The van der Waals surface area contributed by atoms with Crippen LogP contribution < -0.4 is 0 Å². The van der Waals surface area contributed by atoms with Crippen LogP contribution in [0.25, 0.3) is 0 Å². The molecular weight excluding hydrogens is 202 g/mol. The van der Waals surface area contributed by atoms with Gasteiger partial charge >= 0.3 is 5.97 Å². The van der Waals surface area contributed by atoms with Crippen molar-refractivity contribution in [3.05, 3.63) is 35.9 Å². The fourth-order valence-corrected chi connectivity index (χ4v) is 1.70. The van der Waals surface area contributed by atoms with Gasteiger partial charge in [-0.2, -0.15) is 0 Å². The summed E-state index contributed by atoms with van der Waals surface area (Å²) >= 11 is 0. The molecule has 1 aromatic rings. The maximum atomic E-state index is 11.0. The van der Waals surface area contributed by atoms with E-state index in [1.54, 1.807) is 6.92 Å². The highest BCUT2D eigenvalue weighted by Crippen LogP contribution is 2.12. The van der Waals surface area contributed by atoms with Crippen LogP contribution in [-0.2, 0) is 11.3 Å². The summed E-state index contributed by atoms with van der Waals surface area (Å²) in [5.41, 5.74) is 1.14. The number of rotatable bonds is 5. The zero-order valence-corrected chi connectivity index (χ0v) is 10.1. The minimum atomic E-state index is -0.773. The highest BCUT2D eigenvalue weighted by molar-refractivity contribution is 5.72. The number of carboxylic acid groups (broad SMARTS) is 1. The second-order valence-electron chi connectivity index (χ2n) is 4.27. The molecule has 88 valence electrons. The van der Waals surface area contributed by atoms with Gasteiger partial charge in [0.1, 0.15) is 6.04 Å². The van der Waals surface area contributed by atoms with E-state index in [1.165, 1.54) is 0 Å². The van der Waals surface area contributed by atoms with Gasteiger partial charge in [-0.05, 0) is 26.3 Å². The van der Waals surface area contributed by atoms with Crippen LogP contribution in [0, 0.1) is 0 Å². The lowest BCUT2D eigenvalue weighted by Gasteiger charge is -2.30. The maximum Gasteiger partial charge on any atom is 0.320 e. The van der Waals surface area contributed by atoms with E-state index in [0.717, 1.165) is 5.56 Å². The molecule has 0 saturated carbocycles. The summed E-state index contributed by atoms with van der Waals surface area (Å²) in [6.45, 7) is 6.43. The molecule has 0 radical (unpaired) electrons. The largest absolute Gasteiger partial charge is 0.480 e. The minimum absolute atomic E-state index is 0.214. The minimum Gasteiger partial charge on any atom is -0.480 e. The zero-order chi connectivity index (χ0) is 12.1.